The number of hydrogen-bond acceptors (Lipinski definition) is 2. The normalized spacial score (nSPS) is 11.0. The summed E-state index contributed by atoms with van der Waals surface area (Å²) in [5.41, 5.74) is 2.91. The van der Waals surface area contributed by atoms with Gasteiger partial charge in [-0.05, 0) is 49.8 Å². The lowest BCUT2D eigenvalue weighted by Crippen LogP contribution is -2.12. The largest absolute Gasteiger partial charge is 0.322 e. The zero-order valence-corrected chi connectivity index (χ0v) is 12.1. The number of carbonyl (C=O) groups excluding carboxylic acids is 2. The molecule has 0 spiro atoms. The van der Waals surface area contributed by atoms with E-state index in [4.69, 9.17) is 0 Å². The molecular formula is C18H17NO2. The van der Waals surface area contributed by atoms with E-state index in [-0.39, 0.29) is 11.7 Å². The zero-order chi connectivity index (χ0) is 15.2. The van der Waals surface area contributed by atoms with Gasteiger partial charge in [0.2, 0.25) is 0 Å². The van der Waals surface area contributed by atoms with E-state index in [0.717, 1.165) is 5.56 Å². The predicted octanol–water partition coefficient (Wildman–Crippen LogP) is 3.93. The lowest BCUT2D eigenvalue weighted by Gasteiger charge is -2.06. The Bertz CT molecular complexity index is 670. The van der Waals surface area contributed by atoms with Crippen LogP contribution in [0.25, 0.3) is 6.08 Å². The van der Waals surface area contributed by atoms with Crippen LogP contribution in [0.5, 0.6) is 0 Å². The van der Waals surface area contributed by atoms with E-state index < -0.39 is 0 Å². The first-order valence-corrected chi connectivity index (χ1v) is 6.72. The highest BCUT2D eigenvalue weighted by Gasteiger charge is 2.05. The molecule has 0 aromatic heterocycles. The molecule has 0 aliphatic rings. The predicted molar refractivity (Wildman–Crippen MR) is 85.2 cm³/mol. The summed E-state index contributed by atoms with van der Waals surface area (Å²) >= 11 is 0. The van der Waals surface area contributed by atoms with Gasteiger partial charge in [0.15, 0.2) is 5.78 Å². The first-order valence-electron chi connectivity index (χ1n) is 6.72. The maximum absolute atomic E-state index is 12.1. The van der Waals surface area contributed by atoms with Crippen molar-refractivity contribution in [1.29, 1.82) is 0 Å². The molecule has 0 bridgehead atoms. The van der Waals surface area contributed by atoms with Crippen LogP contribution >= 0.6 is 0 Å². The molecule has 106 valence electrons. The fraction of sp³-hybridized carbons (Fsp3) is 0.111. The van der Waals surface area contributed by atoms with Crippen LogP contribution in [-0.2, 0) is 4.79 Å². The van der Waals surface area contributed by atoms with Crippen LogP contribution in [0.15, 0.2) is 60.2 Å². The van der Waals surface area contributed by atoms with Gasteiger partial charge in [-0.3, -0.25) is 9.59 Å². The van der Waals surface area contributed by atoms with Crippen molar-refractivity contribution in [3.05, 3.63) is 71.3 Å². The lowest BCUT2D eigenvalue weighted by atomic mass is 10.1. The molecule has 0 fully saturated rings. The van der Waals surface area contributed by atoms with E-state index >= 15 is 0 Å². The van der Waals surface area contributed by atoms with Crippen molar-refractivity contribution >= 4 is 23.5 Å². The molecule has 0 atom stereocenters. The number of ketones is 1. The number of hydrogen-bond donors (Lipinski definition) is 1. The first kappa shape index (κ1) is 14.7. The van der Waals surface area contributed by atoms with E-state index in [1.165, 1.54) is 6.92 Å². The van der Waals surface area contributed by atoms with Crippen molar-refractivity contribution in [2.45, 2.75) is 13.8 Å². The van der Waals surface area contributed by atoms with Crippen LogP contribution in [0.2, 0.25) is 0 Å². The van der Waals surface area contributed by atoms with E-state index in [9.17, 15) is 9.59 Å². The Hall–Kier alpha value is -2.68. The number of benzene rings is 2. The molecule has 1 amide bonds. The molecule has 2 aromatic carbocycles. The van der Waals surface area contributed by atoms with Crippen molar-refractivity contribution < 1.29 is 9.59 Å². The summed E-state index contributed by atoms with van der Waals surface area (Å²) < 4.78 is 0. The molecule has 0 saturated carbocycles. The highest BCUT2D eigenvalue weighted by Crippen LogP contribution is 2.13. The molecule has 0 aliphatic heterocycles. The second-order valence-corrected chi connectivity index (χ2v) is 4.83. The maximum Gasteiger partial charge on any atom is 0.251 e. The van der Waals surface area contributed by atoms with Crippen LogP contribution in [0.1, 0.15) is 29.8 Å². The minimum absolute atomic E-state index is 0.00744. The first-order chi connectivity index (χ1) is 10.1. The quantitative estimate of drug-likeness (QED) is 0.681. The summed E-state index contributed by atoms with van der Waals surface area (Å²) in [6, 6.07) is 16.5. The van der Waals surface area contributed by atoms with Gasteiger partial charge < -0.3 is 5.32 Å². The number of anilines is 1. The number of Topliss-reactive ketones (excluding diaryl/α,β-unsaturated/α-hetero) is 1. The van der Waals surface area contributed by atoms with E-state index in [1.807, 2.05) is 36.4 Å². The Morgan fingerprint density at radius 3 is 2.10 bits per heavy atom. The van der Waals surface area contributed by atoms with E-state index in [0.29, 0.717) is 16.8 Å². The lowest BCUT2D eigenvalue weighted by molar-refractivity contribution is -0.112. The maximum atomic E-state index is 12.1. The number of nitrogens with one attached hydrogen (secondary N) is 1. The number of carbonyl (C=O) groups is 2. The third-order valence-corrected chi connectivity index (χ3v) is 3.09. The zero-order valence-electron chi connectivity index (χ0n) is 12.1. The van der Waals surface area contributed by atoms with E-state index in [2.05, 4.69) is 5.32 Å². The Kier molecular flexibility index (Phi) is 4.67. The topological polar surface area (TPSA) is 46.2 Å². The summed E-state index contributed by atoms with van der Waals surface area (Å²) in [5.74, 6) is -0.151. The molecular weight excluding hydrogens is 262 g/mol. The number of rotatable bonds is 4. The van der Waals surface area contributed by atoms with Crippen molar-refractivity contribution in [3.63, 3.8) is 0 Å². The van der Waals surface area contributed by atoms with Gasteiger partial charge >= 0.3 is 0 Å². The second kappa shape index (κ2) is 6.66. The number of amides is 1. The van der Waals surface area contributed by atoms with Crippen LogP contribution < -0.4 is 5.32 Å². The third-order valence-electron chi connectivity index (χ3n) is 3.09. The van der Waals surface area contributed by atoms with Gasteiger partial charge in [-0.2, -0.15) is 0 Å². The van der Waals surface area contributed by atoms with Gasteiger partial charge in [0.1, 0.15) is 0 Å². The Morgan fingerprint density at radius 2 is 1.52 bits per heavy atom. The van der Waals surface area contributed by atoms with Crippen LogP contribution in [-0.4, -0.2) is 11.7 Å². The highest BCUT2D eigenvalue weighted by atomic mass is 16.1. The van der Waals surface area contributed by atoms with Crippen molar-refractivity contribution in [2.75, 3.05) is 5.32 Å². The molecule has 3 heteroatoms. The van der Waals surface area contributed by atoms with Crippen LogP contribution in [0.4, 0.5) is 5.69 Å². The molecule has 2 aromatic rings. The SMILES string of the molecule is CC(=O)c1ccc(NC(=O)C(C)=Cc2ccccc2)cc1. The minimum Gasteiger partial charge on any atom is -0.322 e. The van der Waals surface area contributed by atoms with Crippen LogP contribution in [0.3, 0.4) is 0 Å². The Labute approximate surface area is 124 Å². The van der Waals surface area contributed by atoms with Crippen molar-refractivity contribution in [2.24, 2.45) is 0 Å². The summed E-state index contributed by atoms with van der Waals surface area (Å²) in [6.07, 6.45) is 1.83. The monoisotopic (exact) mass is 279 g/mol. The van der Waals surface area contributed by atoms with E-state index in [1.54, 1.807) is 31.2 Å². The smallest absolute Gasteiger partial charge is 0.251 e. The Balaban J connectivity index is 2.07. The second-order valence-electron chi connectivity index (χ2n) is 4.83. The average molecular weight is 279 g/mol. The molecule has 0 unspecified atom stereocenters. The van der Waals surface area contributed by atoms with Gasteiger partial charge in [0, 0.05) is 16.8 Å². The molecule has 0 saturated heterocycles. The highest BCUT2D eigenvalue weighted by molar-refractivity contribution is 6.06. The van der Waals surface area contributed by atoms with Gasteiger partial charge in [0.25, 0.3) is 5.91 Å². The standard InChI is InChI=1S/C18H17NO2/c1-13(12-15-6-4-3-5-7-15)18(21)19-17-10-8-16(9-11-17)14(2)20/h3-12H,1-2H3,(H,19,21). The van der Waals surface area contributed by atoms with Gasteiger partial charge in [-0.25, -0.2) is 0 Å². The fourth-order valence-electron chi connectivity index (χ4n) is 1.88. The van der Waals surface area contributed by atoms with Gasteiger partial charge in [-0.15, -0.1) is 0 Å². The van der Waals surface area contributed by atoms with Crippen molar-refractivity contribution in [3.8, 4) is 0 Å². The average Bonchev–Trinajstić information content (AvgIpc) is 2.48. The molecule has 0 radical (unpaired) electrons. The molecule has 21 heavy (non-hydrogen) atoms. The van der Waals surface area contributed by atoms with Gasteiger partial charge in [-0.1, -0.05) is 30.3 Å². The molecule has 0 aliphatic carbocycles. The van der Waals surface area contributed by atoms with Gasteiger partial charge in [0.05, 0.1) is 0 Å². The molecule has 2 rings (SSSR count). The van der Waals surface area contributed by atoms with Crippen LogP contribution in [0, 0.1) is 0 Å². The minimum atomic E-state index is -0.158. The summed E-state index contributed by atoms with van der Waals surface area (Å²) in [7, 11) is 0. The Morgan fingerprint density at radius 1 is 0.905 bits per heavy atom. The van der Waals surface area contributed by atoms with Crippen molar-refractivity contribution in [1.82, 2.24) is 0 Å². The molecule has 3 nitrogen and oxygen atoms in total. The summed E-state index contributed by atoms with van der Waals surface area (Å²) in [6.45, 7) is 3.28. The molecule has 0 heterocycles. The summed E-state index contributed by atoms with van der Waals surface area (Å²) in [4.78, 5) is 23.3. The third kappa shape index (κ3) is 4.14. The summed E-state index contributed by atoms with van der Waals surface area (Å²) in [5, 5.41) is 2.81. The fourth-order valence-corrected chi connectivity index (χ4v) is 1.88. The molecule has 1 N–H and O–H groups in total.